The van der Waals surface area contributed by atoms with Crippen LogP contribution in [-0.4, -0.2) is 62.3 Å². The summed E-state index contributed by atoms with van der Waals surface area (Å²) in [5.74, 6) is 0.251. The first kappa shape index (κ1) is 21.2. The maximum absolute atomic E-state index is 12.8. The summed E-state index contributed by atoms with van der Waals surface area (Å²) < 4.78 is 27.1. The highest BCUT2D eigenvalue weighted by molar-refractivity contribution is 7.89. The van der Waals surface area contributed by atoms with Crippen molar-refractivity contribution in [3.8, 4) is 0 Å². The molecule has 2 atom stereocenters. The van der Waals surface area contributed by atoms with Crippen LogP contribution in [0.2, 0.25) is 0 Å². The van der Waals surface area contributed by atoms with Crippen molar-refractivity contribution >= 4 is 28.3 Å². The molecule has 1 aromatic carbocycles. The van der Waals surface area contributed by atoms with Crippen LogP contribution in [-0.2, 0) is 14.8 Å². The zero-order chi connectivity index (χ0) is 17.9. The Morgan fingerprint density at radius 3 is 2.54 bits per heavy atom. The van der Waals surface area contributed by atoms with Gasteiger partial charge in [0.1, 0.15) is 0 Å². The van der Waals surface area contributed by atoms with Gasteiger partial charge in [-0.3, -0.25) is 4.79 Å². The third-order valence-corrected chi connectivity index (χ3v) is 7.03. The molecule has 6 nitrogen and oxygen atoms in total. The number of amides is 1. The van der Waals surface area contributed by atoms with E-state index < -0.39 is 10.0 Å². The van der Waals surface area contributed by atoms with Crippen LogP contribution in [0.3, 0.4) is 0 Å². The summed E-state index contributed by atoms with van der Waals surface area (Å²) in [6.07, 6.45) is 2.41. The molecule has 0 aromatic heterocycles. The van der Waals surface area contributed by atoms with Gasteiger partial charge in [0.05, 0.1) is 4.90 Å². The molecule has 2 aliphatic rings. The molecular formula is C18H28ClN3O3S. The van der Waals surface area contributed by atoms with E-state index in [2.05, 4.69) is 12.2 Å². The normalized spacial score (nSPS) is 25.2. The lowest BCUT2D eigenvalue weighted by molar-refractivity contribution is -0.136. The van der Waals surface area contributed by atoms with Crippen LogP contribution >= 0.6 is 12.4 Å². The topological polar surface area (TPSA) is 69.7 Å². The fourth-order valence-corrected chi connectivity index (χ4v) is 5.20. The van der Waals surface area contributed by atoms with Crippen LogP contribution in [0.5, 0.6) is 0 Å². The molecule has 1 aromatic rings. The predicted molar refractivity (Wildman–Crippen MR) is 104 cm³/mol. The van der Waals surface area contributed by atoms with Crippen LogP contribution in [0.25, 0.3) is 0 Å². The van der Waals surface area contributed by atoms with Crippen LogP contribution < -0.4 is 5.32 Å². The Morgan fingerprint density at radius 2 is 1.85 bits per heavy atom. The van der Waals surface area contributed by atoms with Crippen molar-refractivity contribution in [1.29, 1.82) is 0 Å². The van der Waals surface area contributed by atoms with Crippen molar-refractivity contribution in [2.75, 3.05) is 32.7 Å². The van der Waals surface area contributed by atoms with Crippen molar-refractivity contribution in [2.45, 2.75) is 37.1 Å². The second-order valence-electron chi connectivity index (χ2n) is 6.97. The van der Waals surface area contributed by atoms with Crippen molar-refractivity contribution in [3.05, 3.63) is 30.3 Å². The van der Waals surface area contributed by atoms with E-state index >= 15 is 0 Å². The minimum atomic E-state index is -3.48. The van der Waals surface area contributed by atoms with E-state index in [4.69, 9.17) is 0 Å². The Balaban J connectivity index is 0.00000243. The van der Waals surface area contributed by atoms with Crippen LogP contribution in [0.1, 0.15) is 26.2 Å². The number of rotatable bonds is 3. The summed E-state index contributed by atoms with van der Waals surface area (Å²) >= 11 is 0. The highest BCUT2D eigenvalue weighted by Gasteiger charge is 2.32. The third kappa shape index (κ3) is 4.76. The molecule has 0 aliphatic carbocycles. The van der Waals surface area contributed by atoms with E-state index in [1.807, 2.05) is 11.0 Å². The first-order valence-corrected chi connectivity index (χ1v) is 10.5. The molecule has 26 heavy (non-hydrogen) atoms. The van der Waals surface area contributed by atoms with E-state index in [9.17, 15) is 13.2 Å². The molecule has 146 valence electrons. The molecule has 8 heteroatoms. The number of carbonyl (C=O) groups excluding carboxylic acids is 1. The molecule has 0 radical (unpaired) electrons. The minimum Gasteiger partial charge on any atom is -0.341 e. The highest BCUT2D eigenvalue weighted by Crippen LogP contribution is 2.21. The molecule has 2 fully saturated rings. The van der Waals surface area contributed by atoms with Gasteiger partial charge in [0.25, 0.3) is 0 Å². The average molecular weight is 402 g/mol. The maximum atomic E-state index is 12.8. The lowest BCUT2D eigenvalue weighted by Crippen LogP contribution is -2.45. The number of sulfonamides is 1. The SMILES string of the molecule is C[C@H]1C[C@@H](C(=O)N2CCCN(S(=O)(=O)c3ccccc3)CC2)CCN1.Cl. The average Bonchev–Trinajstić information content (AvgIpc) is 2.88. The van der Waals surface area contributed by atoms with Gasteiger partial charge in [-0.25, -0.2) is 8.42 Å². The van der Waals surface area contributed by atoms with E-state index in [-0.39, 0.29) is 24.2 Å². The number of hydrogen-bond donors (Lipinski definition) is 1. The Labute approximate surface area is 162 Å². The number of carbonyl (C=O) groups is 1. The summed E-state index contributed by atoms with van der Waals surface area (Å²) in [5, 5.41) is 3.37. The second kappa shape index (κ2) is 9.17. The molecule has 2 heterocycles. The number of piperidine rings is 1. The quantitative estimate of drug-likeness (QED) is 0.837. The van der Waals surface area contributed by atoms with Crippen LogP contribution in [0.15, 0.2) is 35.2 Å². The lowest BCUT2D eigenvalue weighted by Gasteiger charge is -2.31. The van der Waals surface area contributed by atoms with Crippen molar-refractivity contribution in [3.63, 3.8) is 0 Å². The maximum Gasteiger partial charge on any atom is 0.243 e. The fraction of sp³-hybridized carbons (Fsp3) is 0.611. The van der Waals surface area contributed by atoms with E-state index in [0.717, 1.165) is 19.4 Å². The molecule has 1 amide bonds. The summed E-state index contributed by atoms with van der Waals surface area (Å²) in [6, 6.07) is 8.89. The van der Waals surface area contributed by atoms with Crippen molar-refractivity contribution in [2.24, 2.45) is 5.92 Å². The lowest BCUT2D eigenvalue weighted by atomic mass is 9.92. The summed E-state index contributed by atoms with van der Waals surface area (Å²) in [6.45, 7) is 4.92. The smallest absolute Gasteiger partial charge is 0.243 e. The fourth-order valence-electron chi connectivity index (χ4n) is 3.71. The summed E-state index contributed by atoms with van der Waals surface area (Å²) in [4.78, 5) is 15.0. The molecule has 3 rings (SSSR count). The first-order chi connectivity index (χ1) is 12.0. The van der Waals surface area contributed by atoms with Crippen molar-refractivity contribution in [1.82, 2.24) is 14.5 Å². The molecule has 0 spiro atoms. The first-order valence-electron chi connectivity index (χ1n) is 9.06. The van der Waals surface area contributed by atoms with Gasteiger partial charge >= 0.3 is 0 Å². The molecule has 2 aliphatic heterocycles. The van der Waals surface area contributed by atoms with Gasteiger partial charge in [-0.2, -0.15) is 4.31 Å². The van der Waals surface area contributed by atoms with Gasteiger partial charge in [-0.05, 0) is 44.9 Å². The largest absolute Gasteiger partial charge is 0.341 e. The molecule has 2 saturated heterocycles. The predicted octanol–water partition coefficient (Wildman–Crippen LogP) is 1.72. The molecule has 0 bridgehead atoms. The van der Waals surface area contributed by atoms with Crippen LogP contribution in [0, 0.1) is 5.92 Å². The number of halogens is 1. The standard InChI is InChI=1S/C18H27N3O3S.ClH/c1-15-14-16(8-9-19-15)18(22)20-10-5-11-21(13-12-20)25(23,24)17-6-3-2-4-7-17;/h2-4,6-7,15-16,19H,5,8-14H2,1H3;1H/t15-,16-;/m0./s1. The van der Waals surface area contributed by atoms with Gasteiger partial charge in [0, 0.05) is 38.1 Å². The van der Waals surface area contributed by atoms with Gasteiger partial charge < -0.3 is 10.2 Å². The molecule has 0 unspecified atom stereocenters. The Kier molecular flexibility index (Phi) is 7.46. The summed E-state index contributed by atoms with van der Waals surface area (Å²) in [7, 11) is -3.48. The number of nitrogens with zero attached hydrogens (tertiary/aromatic N) is 2. The van der Waals surface area contributed by atoms with Gasteiger partial charge in [0.15, 0.2) is 0 Å². The van der Waals surface area contributed by atoms with Gasteiger partial charge in [0.2, 0.25) is 15.9 Å². The van der Waals surface area contributed by atoms with Crippen LogP contribution in [0.4, 0.5) is 0 Å². The number of nitrogens with one attached hydrogen (secondary N) is 1. The monoisotopic (exact) mass is 401 g/mol. The van der Waals surface area contributed by atoms with E-state index in [0.29, 0.717) is 43.5 Å². The molecule has 0 saturated carbocycles. The Bertz CT molecular complexity index is 699. The third-order valence-electron chi connectivity index (χ3n) is 5.12. The highest BCUT2D eigenvalue weighted by atomic mass is 35.5. The number of benzene rings is 1. The molecule has 1 N–H and O–H groups in total. The zero-order valence-corrected chi connectivity index (χ0v) is 16.8. The second-order valence-corrected chi connectivity index (χ2v) is 8.91. The van der Waals surface area contributed by atoms with Gasteiger partial charge in [-0.15, -0.1) is 12.4 Å². The van der Waals surface area contributed by atoms with Gasteiger partial charge in [-0.1, -0.05) is 18.2 Å². The summed E-state index contributed by atoms with van der Waals surface area (Å²) in [5.41, 5.74) is 0. The Morgan fingerprint density at radius 1 is 1.12 bits per heavy atom. The van der Waals surface area contributed by atoms with Crippen molar-refractivity contribution < 1.29 is 13.2 Å². The Hall–Kier alpha value is -1.15. The van der Waals surface area contributed by atoms with E-state index in [1.165, 1.54) is 4.31 Å². The zero-order valence-electron chi connectivity index (χ0n) is 15.1. The molecular weight excluding hydrogens is 374 g/mol. The minimum absolute atomic E-state index is 0. The number of hydrogen-bond acceptors (Lipinski definition) is 4. The van der Waals surface area contributed by atoms with E-state index in [1.54, 1.807) is 24.3 Å².